The van der Waals surface area contributed by atoms with E-state index in [2.05, 4.69) is 19.2 Å². The van der Waals surface area contributed by atoms with Crippen molar-refractivity contribution < 1.29 is 14.3 Å². The maximum Gasteiger partial charge on any atom is 0.259 e. The molecular weight excluding hydrogens is 370 g/mol. The minimum atomic E-state index is -0.496. The lowest BCUT2D eigenvalue weighted by atomic mass is 10.1. The Morgan fingerprint density at radius 2 is 1.72 bits per heavy atom. The summed E-state index contributed by atoms with van der Waals surface area (Å²) in [4.78, 5) is 40.8. The lowest BCUT2D eigenvalue weighted by molar-refractivity contribution is 0.0759. The van der Waals surface area contributed by atoms with Crippen LogP contribution < -0.4 is 10.7 Å². The highest BCUT2D eigenvalue weighted by Gasteiger charge is 2.25. The van der Waals surface area contributed by atoms with Crippen molar-refractivity contribution in [2.24, 2.45) is 5.92 Å². The highest BCUT2D eigenvalue weighted by atomic mass is 16.5. The van der Waals surface area contributed by atoms with Crippen LogP contribution in [-0.4, -0.2) is 54.1 Å². The number of methoxy groups -OCH3 is 1. The second-order valence-electron chi connectivity index (χ2n) is 8.25. The Morgan fingerprint density at radius 1 is 1.10 bits per heavy atom. The zero-order valence-corrected chi connectivity index (χ0v) is 18.2. The molecule has 0 aromatic carbocycles. The molecule has 0 saturated carbocycles. The first kappa shape index (κ1) is 23.1. The number of rotatable bonds is 8. The van der Waals surface area contributed by atoms with Gasteiger partial charge in [0.2, 0.25) is 5.43 Å². The second kappa shape index (κ2) is 11.1. The number of hydrogen-bond donors (Lipinski definition) is 1. The minimum absolute atomic E-state index is 0.0147. The van der Waals surface area contributed by atoms with E-state index in [1.165, 1.54) is 0 Å². The van der Waals surface area contributed by atoms with Gasteiger partial charge in [0.15, 0.2) is 0 Å². The maximum absolute atomic E-state index is 13.1. The molecule has 0 bridgehead atoms. The Balaban J connectivity index is 2.39. The molecule has 0 spiro atoms. The second-order valence-corrected chi connectivity index (χ2v) is 8.25. The van der Waals surface area contributed by atoms with Gasteiger partial charge in [-0.2, -0.15) is 0 Å². The van der Waals surface area contributed by atoms with Gasteiger partial charge in [0.1, 0.15) is 11.1 Å². The van der Waals surface area contributed by atoms with Crippen molar-refractivity contribution in [3.63, 3.8) is 0 Å². The van der Waals surface area contributed by atoms with Crippen LogP contribution >= 0.6 is 0 Å². The van der Waals surface area contributed by atoms with Gasteiger partial charge < -0.3 is 19.5 Å². The smallest absolute Gasteiger partial charge is 0.259 e. The molecular formula is C22H35N3O4. The number of carbonyl (C=O) groups is 2. The summed E-state index contributed by atoms with van der Waals surface area (Å²) in [6.45, 7) is 8.36. The van der Waals surface area contributed by atoms with E-state index in [0.717, 1.165) is 25.7 Å². The molecule has 1 N–H and O–H groups in total. The van der Waals surface area contributed by atoms with Gasteiger partial charge in [0.25, 0.3) is 11.8 Å². The van der Waals surface area contributed by atoms with Crippen LogP contribution in [0.4, 0.5) is 0 Å². The zero-order valence-electron chi connectivity index (χ0n) is 18.2. The van der Waals surface area contributed by atoms with Gasteiger partial charge >= 0.3 is 0 Å². The molecule has 1 saturated heterocycles. The fourth-order valence-corrected chi connectivity index (χ4v) is 3.64. The van der Waals surface area contributed by atoms with E-state index in [9.17, 15) is 14.4 Å². The van der Waals surface area contributed by atoms with E-state index in [1.54, 1.807) is 29.0 Å². The minimum Gasteiger partial charge on any atom is -0.383 e. The van der Waals surface area contributed by atoms with Crippen LogP contribution in [0.5, 0.6) is 0 Å². The third-order valence-electron chi connectivity index (χ3n) is 5.22. The lowest BCUT2D eigenvalue weighted by Crippen LogP contribution is -2.42. The third-order valence-corrected chi connectivity index (χ3v) is 5.22. The van der Waals surface area contributed by atoms with Crippen LogP contribution in [0.2, 0.25) is 0 Å². The van der Waals surface area contributed by atoms with E-state index in [0.29, 0.717) is 38.6 Å². The number of ether oxygens (including phenoxy) is 1. The summed E-state index contributed by atoms with van der Waals surface area (Å²) in [7, 11) is 1.57. The third kappa shape index (κ3) is 6.42. The summed E-state index contributed by atoms with van der Waals surface area (Å²) in [5, 5.41) is 2.86. The number of aromatic nitrogens is 1. The average Bonchev–Trinajstić information content (AvgIpc) is 2.97. The Labute approximate surface area is 173 Å². The van der Waals surface area contributed by atoms with Crippen LogP contribution in [0.25, 0.3) is 0 Å². The van der Waals surface area contributed by atoms with Crippen LogP contribution in [0.3, 0.4) is 0 Å². The van der Waals surface area contributed by atoms with Crippen molar-refractivity contribution in [2.45, 2.75) is 65.5 Å². The predicted octanol–water partition coefficient (Wildman–Crippen LogP) is 2.68. The molecule has 0 radical (unpaired) electrons. The monoisotopic (exact) mass is 405 g/mol. The van der Waals surface area contributed by atoms with E-state index in [-0.39, 0.29) is 23.1 Å². The van der Waals surface area contributed by atoms with Crippen molar-refractivity contribution >= 4 is 11.8 Å². The molecule has 1 unspecified atom stereocenters. The number of pyridine rings is 1. The Morgan fingerprint density at radius 3 is 2.28 bits per heavy atom. The molecule has 1 aromatic rings. The first-order chi connectivity index (χ1) is 13.9. The number of hydrogen-bond acceptors (Lipinski definition) is 4. The number of likely N-dealkylation sites (tertiary alicyclic amines) is 1. The molecule has 162 valence electrons. The summed E-state index contributed by atoms with van der Waals surface area (Å²) in [6.07, 6.45) is 7.95. The van der Waals surface area contributed by atoms with E-state index < -0.39 is 11.3 Å². The van der Waals surface area contributed by atoms with Crippen molar-refractivity contribution in [3.8, 4) is 0 Å². The molecule has 2 heterocycles. The van der Waals surface area contributed by atoms with E-state index >= 15 is 0 Å². The Bertz CT molecular complexity index is 749. The molecule has 1 aromatic heterocycles. The van der Waals surface area contributed by atoms with Gasteiger partial charge in [-0.25, -0.2) is 0 Å². The van der Waals surface area contributed by atoms with Crippen LogP contribution in [0, 0.1) is 5.92 Å². The number of carbonyl (C=O) groups excluding carboxylic acids is 2. The standard InChI is InChI=1S/C22H35N3O4/c1-5-17(15-29-4)23-21(27)18-13-24(12-16(2)3)14-19(20(18)26)22(28)25-10-8-6-7-9-11-25/h13-14,16-17H,5-12,15H2,1-4H3,(H,23,27). The maximum atomic E-state index is 13.1. The first-order valence-electron chi connectivity index (χ1n) is 10.7. The van der Waals surface area contributed by atoms with Crippen LogP contribution in [0.15, 0.2) is 17.2 Å². The zero-order chi connectivity index (χ0) is 21.4. The molecule has 1 fully saturated rings. The SMILES string of the molecule is CCC(COC)NC(=O)c1cn(CC(C)C)cc(C(=O)N2CCCCCC2)c1=O. The van der Waals surface area contributed by atoms with Crippen molar-refractivity contribution in [1.29, 1.82) is 0 Å². The molecule has 29 heavy (non-hydrogen) atoms. The van der Waals surface area contributed by atoms with Crippen molar-refractivity contribution in [1.82, 2.24) is 14.8 Å². The molecule has 2 rings (SSSR count). The van der Waals surface area contributed by atoms with E-state index in [1.807, 2.05) is 6.92 Å². The summed E-state index contributed by atoms with van der Waals surface area (Å²) in [5.41, 5.74) is -0.398. The summed E-state index contributed by atoms with van der Waals surface area (Å²) < 4.78 is 6.93. The van der Waals surface area contributed by atoms with E-state index in [4.69, 9.17) is 4.74 Å². The largest absolute Gasteiger partial charge is 0.383 e. The van der Waals surface area contributed by atoms with Crippen LogP contribution in [0.1, 0.15) is 73.6 Å². The fourth-order valence-electron chi connectivity index (χ4n) is 3.64. The number of amides is 2. The van der Waals surface area contributed by atoms with Gasteiger partial charge in [-0.3, -0.25) is 14.4 Å². The Hall–Kier alpha value is -2.15. The highest BCUT2D eigenvalue weighted by molar-refractivity contribution is 5.99. The molecule has 1 aliphatic rings. The highest BCUT2D eigenvalue weighted by Crippen LogP contribution is 2.13. The molecule has 7 heteroatoms. The summed E-state index contributed by atoms with van der Waals surface area (Å²) >= 11 is 0. The normalized spacial score (nSPS) is 15.8. The van der Waals surface area contributed by atoms with Crippen LogP contribution in [-0.2, 0) is 11.3 Å². The van der Waals surface area contributed by atoms with Gasteiger partial charge in [-0.1, -0.05) is 33.6 Å². The van der Waals surface area contributed by atoms with Gasteiger partial charge in [-0.05, 0) is 25.2 Å². The summed E-state index contributed by atoms with van der Waals surface area (Å²) in [6, 6.07) is -0.185. The average molecular weight is 406 g/mol. The topological polar surface area (TPSA) is 80.6 Å². The van der Waals surface area contributed by atoms with Crippen molar-refractivity contribution in [2.75, 3.05) is 26.8 Å². The molecule has 1 aliphatic heterocycles. The predicted molar refractivity (Wildman–Crippen MR) is 113 cm³/mol. The lowest BCUT2D eigenvalue weighted by Gasteiger charge is -2.22. The van der Waals surface area contributed by atoms with Gasteiger partial charge in [-0.15, -0.1) is 0 Å². The quantitative estimate of drug-likeness (QED) is 0.721. The number of nitrogens with zero attached hydrogens (tertiary/aromatic N) is 2. The molecule has 1 atom stereocenters. The molecule has 2 amide bonds. The van der Waals surface area contributed by atoms with Gasteiger partial charge in [0, 0.05) is 39.1 Å². The van der Waals surface area contributed by atoms with Crippen molar-refractivity contribution in [3.05, 3.63) is 33.7 Å². The first-order valence-corrected chi connectivity index (χ1v) is 10.7. The summed E-state index contributed by atoms with van der Waals surface area (Å²) in [5.74, 6) is -0.415. The molecule has 0 aliphatic carbocycles. The van der Waals surface area contributed by atoms with Gasteiger partial charge in [0.05, 0.1) is 12.6 Å². The fraction of sp³-hybridized carbons (Fsp3) is 0.682. The number of nitrogens with one attached hydrogen (secondary N) is 1. The molecule has 7 nitrogen and oxygen atoms in total. The Kier molecular flexibility index (Phi) is 8.89.